The molecule has 2 aromatic rings. The first-order chi connectivity index (χ1) is 13.9. The van der Waals surface area contributed by atoms with Crippen LogP contribution < -0.4 is 10.1 Å². The minimum absolute atomic E-state index is 0.0985. The number of ether oxygens (including phenoxy) is 4. The van der Waals surface area contributed by atoms with Crippen molar-refractivity contribution in [3.05, 3.63) is 60.2 Å². The molecule has 0 unspecified atom stereocenters. The lowest BCUT2D eigenvalue weighted by Gasteiger charge is -2.38. The van der Waals surface area contributed by atoms with E-state index in [2.05, 4.69) is 5.32 Å². The number of carbonyl (C=O) groups excluding carboxylic acids is 2. The Morgan fingerprint density at radius 1 is 1.17 bits per heavy atom. The first kappa shape index (κ1) is 20.8. The number of anilines is 1. The summed E-state index contributed by atoms with van der Waals surface area (Å²) in [6, 6.07) is 15.3. The Morgan fingerprint density at radius 3 is 2.52 bits per heavy atom. The summed E-state index contributed by atoms with van der Waals surface area (Å²) in [5.74, 6) is -1.22. The lowest BCUT2D eigenvalue weighted by Crippen LogP contribution is -2.56. The van der Waals surface area contributed by atoms with Gasteiger partial charge in [0.15, 0.2) is 23.7 Å². The normalized spacial score (nSPS) is 19.3. The molecule has 3 rings (SSSR count). The van der Waals surface area contributed by atoms with Crippen molar-refractivity contribution >= 4 is 17.4 Å². The van der Waals surface area contributed by atoms with Crippen LogP contribution in [-0.2, 0) is 30.4 Å². The maximum absolute atomic E-state index is 12.9. The van der Waals surface area contributed by atoms with Gasteiger partial charge in [-0.05, 0) is 43.7 Å². The van der Waals surface area contributed by atoms with Crippen molar-refractivity contribution in [2.75, 3.05) is 19.0 Å². The van der Waals surface area contributed by atoms with Gasteiger partial charge in [-0.1, -0.05) is 30.3 Å². The molecule has 0 amide bonds. The van der Waals surface area contributed by atoms with Gasteiger partial charge in [0.05, 0.1) is 7.11 Å². The highest BCUT2D eigenvalue weighted by Gasteiger charge is 2.43. The number of Topliss-reactive ketones (excluding diaryl/α,β-unsaturated/α-hetero) is 1. The van der Waals surface area contributed by atoms with Gasteiger partial charge in [0.1, 0.15) is 19.0 Å². The van der Waals surface area contributed by atoms with Crippen molar-refractivity contribution in [1.82, 2.24) is 0 Å². The number of rotatable bonds is 7. The van der Waals surface area contributed by atoms with Gasteiger partial charge in [-0.25, -0.2) is 4.79 Å². The Morgan fingerprint density at radius 2 is 1.86 bits per heavy atom. The second-order valence-electron chi connectivity index (χ2n) is 7.14. The standard InChI is InChI=1S/C22H25NO6/c1-22(2)28-14-18(24)20(29-22)19(23-16-9-11-17(26-3)12-10-16)21(25)27-13-15-7-5-4-6-8-15/h4-12,19-20,23H,13-14H2,1-3H3/t19-,20+/m0/s1. The molecular formula is C22H25NO6. The van der Waals surface area contributed by atoms with Crippen LogP contribution in [0.1, 0.15) is 19.4 Å². The van der Waals surface area contributed by atoms with E-state index in [1.165, 1.54) is 0 Å². The lowest BCUT2D eigenvalue weighted by molar-refractivity contribution is -0.260. The van der Waals surface area contributed by atoms with Crippen LogP contribution in [0.15, 0.2) is 54.6 Å². The van der Waals surface area contributed by atoms with E-state index in [1.54, 1.807) is 45.2 Å². The van der Waals surface area contributed by atoms with Gasteiger partial charge in [0.25, 0.3) is 0 Å². The van der Waals surface area contributed by atoms with Crippen molar-refractivity contribution in [2.45, 2.75) is 38.4 Å². The zero-order chi connectivity index (χ0) is 20.9. The lowest BCUT2D eigenvalue weighted by atomic mass is 10.0. The summed E-state index contributed by atoms with van der Waals surface area (Å²) in [6.45, 7) is 3.37. The predicted molar refractivity (Wildman–Crippen MR) is 107 cm³/mol. The first-order valence-electron chi connectivity index (χ1n) is 9.33. The molecule has 1 heterocycles. The zero-order valence-electron chi connectivity index (χ0n) is 16.7. The minimum atomic E-state index is -1.04. The van der Waals surface area contributed by atoms with Crippen molar-refractivity contribution in [3.63, 3.8) is 0 Å². The van der Waals surface area contributed by atoms with Crippen LogP contribution >= 0.6 is 0 Å². The van der Waals surface area contributed by atoms with E-state index in [-0.39, 0.29) is 19.0 Å². The molecule has 0 aromatic heterocycles. The fraction of sp³-hybridized carbons (Fsp3) is 0.364. The molecule has 1 aliphatic heterocycles. The van der Waals surface area contributed by atoms with Gasteiger partial charge >= 0.3 is 5.97 Å². The molecule has 1 aliphatic rings. The molecule has 7 heteroatoms. The van der Waals surface area contributed by atoms with E-state index < -0.39 is 23.9 Å². The van der Waals surface area contributed by atoms with Gasteiger partial charge < -0.3 is 24.3 Å². The molecule has 0 saturated carbocycles. The molecule has 1 fully saturated rings. The fourth-order valence-corrected chi connectivity index (χ4v) is 2.93. The van der Waals surface area contributed by atoms with E-state index in [1.807, 2.05) is 30.3 Å². The number of hydrogen-bond donors (Lipinski definition) is 1. The van der Waals surface area contributed by atoms with Crippen LogP contribution in [0, 0.1) is 0 Å². The average Bonchev–Trinajstić information content (AvgIpc) is 2.73. The van der Waals surface area contributed by atoms with Crippen LogP contribution in [0.5, 0.6) is 5.75 Å². The maximum Gasteiger partial charge on any atom is 0.332 e. The topological polar surface area (TPSA) is 83.1 Å². The molecule has 0 radical (unpaired) electrons. The van der Waals surface area contributed by atoms with Crippen LogP contribution in [0.4, 0.5) is 5.69 Å². The molecule has 154 valence electrons. The largest absolute Gasteiger partial charge is 0.497 e. The highest BCUT2D eigenvalue weighted by atomic mass is 16.7. The quantitative estimate of drug-likeness (QED) is 0.717. The van der Waals surface area contributed by atoms with Crippen LogP contribution in [-0.4, -0.2) is 43.4 Å². The molecule has 1 N–H and O–H groups in total. The van der Waals surface area contributed by atoms with Gasteiger partial charge in [0.2, 0.25) is 0 Å². The van der Waals surface area contributed by atoms with Gasteiger partial charge in [0, 0.05) is 5.69 Å². The monoisotopic (exact) mass is 399 g/mol. The van der Waals surface area contributed by atoms with Crippen LogP contribution in [0.3, 0.4) is 0 Å². The van der Waals surface area contributed by atoms with Crippen molar-refractivity contribution in [3.8, 4) is 5.75 Å². The number of nitrogens with one attached hydrogen (secondary N) is 1. The molecule has 2 aromatic carbocycles. The number of esters is 1. The third kappa shape index (κ3) is 5.56. The number of ketones is 1. The third-order valence-electron chi connectivity index (χ3n) is 4.48. The van der Waals surface area contributed by atoms with Gasteiger partial charge in [-0.3, -0.25) is 4.79 Å². The van der Waals surface area contributed by atoms with Crippen molar-refractivity contribution in [1.29, 1.82) is 0 Å². The number of hydrogen-bond acceptors (Lipinski definition) is 7. The molecule has 2 atom stereocenters. The van der Waals surface area contributed by atoms with E-state index >= 15 is 0 Å². The molecule has 0 spiro atoms. The SMILES string of the molecule is COc1ccc(N[C@H](C(=O)OCc2ccccc2)[C@@H]2OC(C)(C)OCC2=O)cc1. The number of carbonyl (C=O) groups is 2. The summed E-state index contributed by atoms with van der Waals surface area (Å²) < 4.78 is 21.8. The Hall–Kier alpha value is -2.90. The summed E-state index contributed by atoms with van der Waals surface area (Å²) in [4.78, 5) is 25.4. The fourth-order valence-electron chi connectivity index (χ4n) is 2.93. The zero-order valence-corrected chi connectivity index (χ0v) is 16.7. The Labute approximate surface area is 169 Å². The van der Waals surface area contributed by atoms with Crippen molar-refractivity contribution < 1.29 is 28.5 Å². The smallest absolute Gasteiger partial charge is 0.332 e. The minimum Gasteiger partial charge on any atom is -0.497 e. The highest BCUT2D eigenvalue weighted by molar-refractivity contribution is 5.93. The van der Waals surface area contributed by atoms with Crippen LogP contribution in [0.2, 0.25) is 0 Å². The van der Waals surface area contributed by atoms with Crippen molar-refractivity contribution in [2.24, 2.45) is 0 Å². The molecule has 1 saturated heterocycles. The highest BCUT2D eigenvalue weighted by Crippen LogP contribution is 2.25. The second-order valence-corrected chi connectivity index (χ2v) is 7.14. The summed E-state index contributed by atoms with van der Waals surface area (Å²) in [5.41, 5.74) is 1.48. The molecule has 29 heavy (non-hydrogen) atoms. The Balaban J connectivity index is 1.79. The molecule has 0 aliphatic carbocycles. The summed E-state index contributed by atoms with van der Waals surface area (Å²) in [5, 5.41) is 3.07. The first-order valence-corrected chi connectivity index (χ1v) is 9.33. The third-order valence-corrected chi connectivity index (χ3v) is 4.48. The van der Waals surface area contributed by atoms with E-state index in [0.717, 1.165) is 5.56 Å². The summed E-state index contributed by atoms with van der Waals surface area (Å²) in [6.07, 6.45) is -1.04. The Bertz CT molecular complexity index is 834. The number of benzene rings is 2. The van der Waals surface area contributed by atoms with Gasteiger partial charge in [-0.2, -0.15) is 0 Å². The predicted octanol–water partition coefficient (Wildman–Crippen LogP) is 2.94. The summed E-state index contributed by atoms with van der Waals surface area (Å²) in [7, 11) is 1.57. The Kier molecular flexibility index (Phi) is 6.51. The van der Waals surface area contributed by atoms with E-state index in [9.17, 15) is 9.59 Å². The van der Waals surface area contributed by atoms with E-state index in [4.69, 9.17) is 18.9 Å². The molecular weight excluding hydrogens is 374 g/mol. The maximum atomic E-state index is 12.9. The van der Waals surface area contributed by atoms with Gasteiger partial charge in [-0.15, -0.1) is 0 Å². The second kappa shape index (κ2) is 9.07. The number of methoxy groups -OCH3 is 1. The van der Waals surface area contributed by atoms with E-state index in [0.29, 0.717) is 11.4 Å². The molecule has 0 bridgehead atoms. The van der Waals surface area contributed by atoms with Crippen LogP contribution in [0.25, 0.3) is 0 Å². The molecule has 7 nitrogen and oxygen atoms in total. The average molecular weight is 399 g/mol. The summed E-state index contributed by atoms with van der Waals surface area (Å²) >= 11 is 0.